The third-order valence-corrected chi connectivity index (χ3v) is 2.34. The Labute approximate surface area is 94.9 Å². The normalized spacial score (nSPS) is 10.8. The van der Waals surface area contributed by atoms with Crippen LogP contribution in [-0.2, 0) is 0 Å². The quantitative estimate of drug-likeness (QED) is 0.696. The fraction of sp³-hybridized carbons (Fsp3) is 0. The molecule has 0 spiro atoms. The third-order valence-electron chi connectivity index (χ3n) is 2.34. The largest absolute Gasteiger partial charge is 0.478 e. The van der Waals surface area contributed by atoms with Crippen molar-refractivity contribution in [3.05, 3.63) is 42.6 Å². The molecule has 7 heteroatoms. The van der Waals surface area contributed by atoms with Gasteiger partial charge in [-0.15, -0.1) is 0 Å². The fourth-order valence-electron chi connectivity index (χ4n) is 1.54. The lowest BCUT2D eigenvalue weighted by Gasteiger charge is -1.96. The average molecular weight is 229 g/mol. The molecule has 0 fully saturated rings. The monoisotopic (exact) mass is 229 g/mol. The molecule has 0 bridgehead atoms. The number of aromatic nitrogens is 5. The molecule has 0 amide bonds. The SMILES string of the molecule is O=C(O)c1cnn(-c2cnn3cccnc23)c1. The molecular formula is C10H7N5O2. The molecule has 0 radical (unpaired) electrons. The van der Waals surface area contributed by atoms with Gasteiger partial charge in [-0.2, -0.15) is 10.2 Å². The Morgan fingerprint density at radius 1 is 1.29 bits per heavy atom. The second-order valence-corrected chi connectivity index (χ2v) is 3.40. The molecule has 0 saturated carbocycles. The van der Waals surface area contributed by atoms with E-state index in [4.69, 9.17) is 5.11 Å². The Balaban J connectivity index is 2.17. The van der Waals surface area contributed by atoms with Gasteiger partial charge in [-0.3, -0.25) is 0 Å². The number of carboxylic acids is 1. The van der Waals surface area contributed by atoms with E-state index in [9.17, 15) is 4.79 Å². The second-order valence-electron chi connectivity index (χ2n) is 3.40. The van der Waals surface area contributed by atoms with Crippen molar-refractivity contribution in [3.8, 4) is 5.69 Å². The van der Waals surface area contributed by atoms with Crippen LogP contribution in [0.5, 0.6) is 0 Å². The van der Waals surface area contributed by atoms with Crippen molar-refractivity contribution in [2.75, 3.05) is 0 Å². The number of hydrogen-bond donors (Lipinski definition) is 1. The van der Waals surface area contributed by atoms with E-state index in [1.165, 1.54) is 17.1 Å². The van der Waals surface area contributed by atoms with Gasteiger partial charge >= 0.3 is 5.97 Å². The highest BCUT2D eigenvalue weighted by atomic mass is 16.4. The van der Waals surface area contributed by atoms with Crippen LogP contribution in [0, 0.1) is 0 Å². The Bertz CT molecular complexity index is 699. The molecule has 0 saturated heterocycles. The number of hydrogen-bond acceptors (Lipinski definition) is 4. The number of aromatic carboxylic acids is 1. The standard InChI is InChI=1S/C10H7N5O2/c16-10(17)7-4-12-15(6-7)8-5-13-14-3-1-2-11-9(8)14/h1-6H,(H,16,17). The zero-order valence-corrected chi connectivity index (χ0v) is 8.56. The van der Waals surface area contributed by atoms with Crippen molar-refractivity contribution in [1.29, 1.82) is 0 Å². The Morgan fingerprint density at radius 3 is 2.94 bits per heavy atom. The predicted octanol–water partition coefficient (Wildman–Crippen LogP) is 0.613. The Kier molecular flexibility index (Phi) is 1.91. The molecule has 3 aromatic rings. The first-order chi connectivity index (χ1) is 8.25. The molecule has 0 aliphatic carbocycles. The first kappa shape index (κ1) is 9.52. The molecule has 1 N–H and O–H groups in total. The molecule has 7 nitrogen and oxygen atoms in total. The molecule has 3 heterocycles. The molecule has 84 valence electrons. The second kappa shape index (κ2) is 3.41. The van der Waals surface area contributed by atoms with Gasteiger partial charge < -0.3 is 5.11 Å². The third kappa shape index (κ3) is 1.44. The summed E-state index contributed by atoms with van der Waals surface area (Å²) in [6.45, 7) is 0. The number of carbonyl (C=O) groups is 1. The fourth-order valence-corrected chi connectivity index (χ4v) is 1.54. The van der Waals surface area contributed by atoms with Gasteiger partial charge in [-0.1, -0.05) is 0 Å². The summed E-state index contributed by atoms with van der Waals surface area (Å²) in [5.74, 6) is -1.01. The summed E-state index contributed by atoms with van der Waals surface area (Å²) in [6.07, 6.45) is 7.69. The van der Waals surface area contributed by atoms with Crippen molar-refractivity contribution >= 4 is 11.6 Å². The van der Waals surface area contributed by atoms with E-state index in [0.29, 0.717) is 11.3 Å². The van der Waals surface area contributed by atoms with Gasteiger partial charge in [0.2, 0.25) is 0 Å². The maximum atomic E-state index is 10.8. The van der Waals surface area contributed by atoms with Crippen molar-refractivity contribution in [2.45, 2.75) is 0 Å². The summed E-state index contributed by atoms with van der Waals surface area (Å²) in [5.41, 5.74) is 1.38. The van der Waals surface area contributed by atoms with Crippen LogP contribution in [0.2, 0.25) is 0 Å². The van der Waals surface area contributed by atoms with E-state index >= 15 is 0 Å². The molecule has 3 rings (SSSR count). The van der Waals surface area contributed by atoms with Crippen LogP contribution in [0.4, 0.5) is 0 Å². The summed E-state index contributed by atoms with van der Waals surface area (Å²) in [7, 11) is 0. The van der Waals surface area contributed by atoms with Crippen LogP contribution in [0.25, 0.3) is 11.3 Å². The van der Waals surface area contributed by atoms with Gasteiger partial charge in [0.25, 0.3) is 0 Å². The van der Waals surface area contributed by atoms with Gasteiger partial charge in [-0.05, 0) is 6.07 Å². The van der Waals surface area contributed by atoms with Gasteiger partial charge in [0, 0.05) is 18.6 Å². The summed E-state index contributed by atoms with van der Waals surface area (Å²) < 4.78 is 3.04. The lowest BCUT2D eigenvalue weighted by Crippen LogP contribution is -1.96. The number of nitrogens with zero attached hydrogens (tertiary/aromatic N) is 5. The minimum absolute atomic E-state index is 0.125. The van der Waals surface area contributed by atoms with E-state index in [1.54, 1.807) is 29.2 Å². The number of fused-ring (bicyclic) bond motifs is 1. The molecule has 0 unspecified atom stereocenters. The molecular weight excluding hydrogens is 222 g/mol. The van der Waals surface area contributed by atoms with Crippen molar-refractivity contribution in [2.24, 2.45) is 0 Å². The Morgan fingerprint density at radius 2 is 2.18 bits per heavy atom. The molecule has 17 heavy (non-hydrogen) atoms. The van der Waals surface area contributed by atoms with E-state index in [0.717, 1.165) is 0 Å². The zero-order valence-electron chi connectivity index (χ0n) is 8.56. The summed E-state index contributed by atoms with van der Waals surface area (Å²) >= 11 is 0. The van der Waals surface area contributed by atoms with Gasteiger partial charge in [0.15, 0.2) is 5.65 Å². The van der Waals surface area contributed by atoms with Crippen molar-refractivity contribution < 1.29 is 9.90 Å². The molecule has 3 aromatic heterocycles. The minimum Gasteiger partial charge on any atom is -0.478 e. The molecule has 0 aliphatic heterocycles. The van der Waals surface area contributed by atoms with Crippen LogP contribution < -0.4 is 0 Å². The van der Waals surface area contributed by atoms with Gasteiger partial charge in [0.05, 0.1) is 18.0 Å². The maximum Gasteiger partial charge on any atom is 0.338 e. The summed E-state index contributed by atoms with van der Waals surface area (Å²) in [5, 5.41) is 16.9. The molecule has 0 aromatic carbocycles. The minimum atomic E-state index is -1.01. The van der Waals surface area contributed by atoms with Crippen molar-refractivity contribution in [3.63, 3.8) is 0 Å². The smallest absolute Gasteiger partial charge is 0.338 e. The van der Waals surface area contributed by atoms with E-state index in [-0.39, 0.29) is 5.56 Å². The lowest BCUT2D eigenvalue weighted by molar-refractivity contribution is 0.0697. The predicted molar refractivity (Wildman–Crippen MR) is 57.1 cm³/mol. The van der Waals surface area contributed by atoms with Gasteiger partial charge in [0.1, 0.15) is 5.69 Å². The number of rotatable bonds is 2. The molecule has 0 atom stereocenters. The van der Waals surface area contributed by atoms with Gasteiger partial charge in [-0.25, -0.2) is 19.0 Å². The van der Waals surface area contributed by atoms with Crippen molar-refractivity contribution in [1.82, 2.24) is 24.4 Å². The summed E-state index contributed by atoms with van der Waals surface area (Å²) in [4.78, 5) is 14.9. The first-order valence-electron chi connectivity index (χ1n) is 4.82. The van der Waals surface area contributed by atoms with Crippen LogP contribution in [0.3, 0.4) is 0 Å². The van der Waals surface area contributed by atoms with E-state index in [1.807, 2.05) is 0 Å². The highest BCUT2D eigenvalue weighted by molar-refractivity contribution is 5.87. The van der Waals surface area contributed by atoms with E-state index in [2.05, 4.69) is 15.2 Å². The summed E-state index contributed by atoms with van der Waals surface area (Å²) in [6, 6.07) is 1.76. The Hall–Kier alpha value is -2.70. The lowest BCUT2D eigenvalue weighted by atomic mass is 10.4. The van der Waals surface area contributed by atoms with Crippen LogP contribution in [0.15, 0.2) is 37.1 Å². The first-order valence-corrected chi connectivity index (χ1v) is 4.82. The topological polar surface area (TPSA) is 85.3 Å². The van der Waals surface area contributed by atoms with E-state index < -0.39 is 5.97 Å². The molecule has 0 aliphatic rings. The highest BCUT2D eigenvalue weighted by Gasteiger charge is 2.11. The average Bonchev–Trinajstić information content (AvgIpc) is 2.95. The highest BCUT2D eigenvalue weighted by Crippen LogP contribution is 2.12. The van der Waals surface area contributed by atoms with Crippen LogP contribution >= 0.6 is 0 Å². The van der Waals surface area contributed by atoms with Crippen LogP contribution in [0.1, 0.15) is 10.4 Å². The zero-order chi connectivity index (χ0) is 11.8. The maximum absolute atomic E-state index is 10.8. The van der Waals surface area contributed by atoms with Crippen LogP contribution in [-0.4, -0.2) is 35.5 Å². The number of carboxylic acid groups (broad SMARTS) is 1.